The van der Waals surface area contributed by atoms with Gasteiger partial charge in [-0.25, -0.2) is 0 Å². The van der Waals surface area contributed by atoms with E-state index in [-0.39, 0.29) is 12.1 Å². The van der Waals surface area contributed by atoms with E-state index < -0.39 is 12.0 Å². The molecule has 0 spiro atoms. The minimum atomic E-state index is -0.812. The van der Waals surface area contributed by atoms with Crippen molar-refractivity contribution in [3.05, 3.63) is 0 Å². The first-order chi connectivity index (χ1) is 9.99. The minimum Gasteiger partial charge on any atom is -0.480 e. The lowest BCUT2D eigenvalue weighted by atomic mass is 10.0. The van der Waals surface area contributed by atoms with Gasteiger partial charge in [0.1, 0.15) is 6.04 Å². The average molecular weight is 300 g/mol. The number of hydrogen-bond acceptors (Lipinski definition) is 3. The third-order valence-corrected chi connectivity index (χ3v) is 3.95. The summed E-state index contributed by atoms with van der Waals surface area (Å²) in [5.74, 6) is -0.760. The zero-order chi connectivity index (χ0) is 16.1. The molecule has 0 amide bonds. The molecule has 0 radical (unpaired) electrons. The van der Waals surface area contributed by atoms with Gasteiger partial charge in [0.2, 0.25) is 0 Å². The van der Waals surface area contributed by atoms with Crippen molar-refractivity contribution < 1.29 is 9.90 Å². The maximum atomic E-state index is 11.1. The van der Waals surface area contributed by atoms with Crippen molar-refractivity contribution >= 4 is 5.97 Å². The molecule has 4 heteroatoms. The van der Waals surface area contributed by atoms with E-state index in [2.05, 4.69) is 12.2 Å². The molecule has 0 aliphatic rings. The molecule has 4 nitrogen and oxygen atoms in total. The Balaban J connectivity index is 3.53. The SMILES string of the molecule is CCCCCCCCCCCC(N)N[C@H](C(=O)O)C(C)C. The van der Waals surface area contributed by atoms with Crippen molar-refractivity contribution in [2.24, 2.45) is 11.7 Å². The van der Waals surface area contributed by atoms with Gasteiger partial charge in [-0.1, -0.05) is 78.6 Å². The highest BCUT2D eigenvalue weighted by molar-refractivity contribution is 5.73. The van der Waals surface area contributed by atoms with Crippen LogP contribution in [0, 0.1) is 5.92 Å². The van der Waals surface area contributed by atoms with Crippen LogP contribution in [0.1, 0.15) is 85.0 Å². The summed E-state index contributed by atoms with van der Waals surface area (Å²) >= 11 is 0. The number of unbranched alkanes of at least 4 members (excludes halogenated alkanes) is 8. The highest BCUT2D eigenvalue weighted by atomic mass is 16.4. The Bertz CT molecular complexity index is 257. The molecular weight excluding hydrogens is 264 g/mol. The van der Waals surface area contributed by atoms with E-state index in [1.54, 1.807) is 0 Å². The van der Waals surface area contributed by atoms with Crippen LogP contribution in [0.15, 0.2) is 0 Å². The highest BCUT2D eigenvalue weighted by Crippen LogP contribution is 2.11. The fourth-order valence-corrected chi connectivity index (χ4v) is 2.54. The van der Waals surface area contributed by atoms with Crippen molar-refractivity contribution in [2.75, 3.05) is 0 Å². The molecule has 0 saturated carbocycles. The predicted octanol–water partition coefficient (Wildman–Crippen LogP) is 3.89. The van der Waals surface area contributed by atoms with Gasteiger partial charge in [0.15, 0.2) is 0 Å². The second kappa shape index (κ2) is 13.1. The van der Waals surface area contributed by atoms with Crippen molar-refractivity contribution in [3.63, 3.8) is 0 Å². The number of carbonyl (C=O) groups is 1. The molecule has 0 aromatic heterocycles. The first-order valence-corrected chi connectivity index (χ1v) is 8.73. The van der Waals surface area contributed by atoms with Crippen LogP contribution in [0.4, 0.5) is 0 Å². The highest BCUT2D eigenvalue weighted by Gasteiger charge is 2.22. The van der Waals surface area contributed by atoms with Crippen LogP contribution in [-0.4, -0.2) is 23.3 Å². The Hall–Kier alpha value is -0.610. The molecule has 0 aromatic carbocycles. The van der Waals surface area contributed by atoms with Gasteiger partial charge in [-0.05, 0) is 12.3 Å². The third-order valence-electron chi connectivity index (χ3n) is 3.95. The summed E-state index contributed by atoms with van der Waals surface area (Å²) in [6, 6.07) is -0.543. The zero-order valence-corrected chi connectivity index (χ0v) is 14.2. The topological polar surface area (TPSA) is 75.3 Å². The van der Waals surface area contributed by atoms with Gasteiger partial charge in [0.05, 0.1) is 6.17 Å². The van der Waals surface area contributed by atoms with E-state index in [9.17, 15) is 4.79 Å². The van der Waals surface area contributed by atoms with Crippen LogP contribution in [0.25, 0.3) is 0 Å². The predicted molar refractivity (Wildman–Crippen MR) is 89.2 cm³/mol. The van der Waals surface area contributed by atoms with Crippen molar-refractivity contribution in [1.29, 1.82) is 0 Å². The Morgan fingerprint density at radius 3 is 1.90 bits per heavy atom. The Morgan fingerprint density at radius 1 is 1.00 bits per heavy atom. The molecule has 1 unspecified atom stereocenters. The summed E-state index contributed by atoms with van der Waals surface area (Å²) in [6.45, 7) is 6.04. The van der Waals surface area contributed by atoms with Gasteiger partial charge >= 0.3 is 5.97 Å². The summed E-state index contributed by atoms with van der Waals surface area (Å²) < 4.78 is 0. The summed E-state index contributed by atoms with van der Waals surface area (Å²) in [5, 5.41) is 12.1. The smallest absolute Gasteiger partial charge is 0.321 e. The molecule has 21 heavy (non-hydrogen) atoms. The molecule has 0 bridgehead atoms. The number of rotatable bonds is 14. The van der Waals surface area contributed by atoms with E-state index in [1.165, 1.54) is 51.4 Å². The van der Waals surface area contributed by atoms with E-state index in [1.807, 2.05) is 13.8 Å². The maximum Gasteiger partial charge on any atom is 0.321 e. The van der Waals surface area contributed by atoms with E-state index in [0.717, 1.165) is 12.8 Å². The van der Waals surface area contributed by atoms with Crippen LogP contribution < -0.4 is 11.1 Å². The number of nitrogens with one attached hydrogen (secondary N) is 1. The second-order valence-electron chi connectivity index (χ2n) is 6.45. The van der Waals surface area contributed by atoms with Crippen molar-refractivity contribution in [3.8, 4) is 0 Å². The van der Waals surface area contributed by atoms with Crippen LogP contribution in [-0.2, 0) is 4.79 Å². The number of aliphatic carboxylic acids is 1. The lowest BCUT2D eigenvalue weighted by Crippen LogP contribution is -2.50. The third kappa shape index (κ3) is 11.7. The molecule has 4 N–H and O–H groups in total. The van der Waals surface area contributed by atoms with Crippen molar-refractivity contribution in [2.45, 2.75) is 97.2 Å². The van der Waals surface area contributed by atoms with Gasteiger partial charge in [0, 0.05) is 0 Å². The van der Waals surface area contributed by atoms with Crippen LogP contribution in [0.3, 0.4) is 0 Å². The first-order valence-electron chi connectivity index (χ1n) is 8.73. The fourth-order valence-electron chi connectivity index (χ4n) is 2.54. The molecule has 2 atom stereocenters. The Morgan fingerprint density at radius 2 is 1.48 bits per heavy atom. The maximum absolute atomic E-state index is 11.1. The molecular formula is C17H36N2O2. The normalized spacial score (nSPS) is 14.3. The minimum absolute atomic E-state index is 0.0525. The van der Waals surface area contributed by atoms with Gasteiger partial charge in [-0.2, -0.15) is 0 Å². The summed E-state index contributed by atoms with van der Waals surface area (Å²) in [4.78, 5) is 11.1. The molecule has 0 heterocycles. The van der Waals surface area contributed by atoms with Gasteiger partial charge in [-0.3, -0.25) is 10.1 Å². The first kappa shape index (κ1) is 20.4. The lowest BCUT2D eigenvalue weighted by Gasteiger charge is -2.22. The number of carboxylic acids is 1. The standard InChI is InChI=1S/C17H36N2O2/c1-4-5-6-7-8-9-10-11-12-13-15(18)19-16(14(2)3)17(20)21/h14-16,19H,4-13,18H2,1-3H3,(H,20,21)/t15?,16-/m0/s1. The van der Waals surface area contributed by atoms with E-state index in [4.69, 9.17) is 10.8 Å². The average Bonchev–Trinajstić information content (AvgIpc) is 2.42. The Kier molecular flexibility index (Phi) is 12.7. The molecule has 0 fully saturated rings. The number of nitrogens with two attached hydrogens (primary N) is 1. The molecule has 0 aliphatic heterocycles. The zero-order valence-electron chi connectivity index (χ0n) is 14.2. The van der Waals surface area contributed by atoms with Crippen LogP contribution in [0.2, 0.25) is 0 Å². The summed E-state index contributed by atoms with van der Waals surface area (Å²) in [5.41, 5.74) is 5.97. The quantitative estimate of drug-likeness (QED) is 0.336. The fraction of sp³-hybridized carbons (Fsp3) is 0.941. The summed E-state index contributed by atoms with van der Waals surface area (Å²) in [6.07, 6.45) is 12.3. The van der Waals surface area contributed by atoms with Gasteiger partial charge in [-0.15, -0.1) is 0 Å². The van der Waals surface area contributed by atoms with Crippen LogP contribution in [0.5, 0.6) is 0 Å². The molecule has 0 saturated heterocycles. The molecule has 0 aliphatic carbocycles. The van der Waals surface area contributed by atoms with Crippen LogP contribution >= 0.6 is 0 Å². The summed E-state index contributed by atoms with van der Waals surface area (Å²) in [7, 11) is 0. The Labute approximate surface area is 130 Å². The molecule has 126 valence electrons. The monoisotopic (exact) mass is 300 g/mol. The second-order valence-corrected chi connectivity index (χ2v) is 6.45. The number of carboxylic acid groups (broad SMARTS) is 1. The van der Waals surface area contributed by atoms with E-state index in [0.29, 0.717) is 0 Å². The molecule has 0 rings (SSSR count). The lowest BCUT2D eigenvalue weighted by molar-refractivity contribution is -0.140. The van der Waals surface area contributed by atoms with E-state index >= 15 is 0 Å². The van der Waals surface area contributed by atoms with Crippen molar-refractivity contribution in [1.82, 2.24) is 5.32 Å². The number of hydrogen-bond donors (Lipinski definition) is 3. The van der Waals surface area contributed by atoms with Gasteiger partial charge in [0.25, 0.3) is 0 Å². The van der Waals surface area contributed by atoms with Gasteiger partial charge < -0.3 is 10.8 Å². The molecule has 0 aromatic rings. The largest absolute Gasteiger partial charge is 0.480 e.